The third-order valence-corrected chi connectivity index (χ3v) is 4.00. The highest BCUT2D eigenvalue weighted by Crippen LogP contribution is 2.22. The average molecular weight is 294 g/mol. The number of ether oxygens (including phenoxy) is 1. The number of likely N-dealkylation sites (N-methyl/N-ethyl adjacent to an activating group) is 1. The maximum absolute atomic E-state index is 5.75. The van der Waals surface area contributed by atoms with E-state index in [0.717, 1.165) is 17.9 Å². The fraction of sp³-hybridized carbons (Fsp3) is 0.562. The van der Waals surface area contributed by atoms with Gasteiger partial charge < -0.3 is 10.5 Å². The van der Waals surface area contributed by atoms with E-state index >= 15 is 0 Å². The summed E-state index contributed by atoms with van der Waals surface area (Å²) in [6.45, 7) is 10.6. The molecule has 20 heavy (non-hydrogen) atoms. The predicted octanol–water partition coefficient (Wildman–Crippen LogP) is 3.07. The average Bonchev–Trinajstić information content (AvgIpc) is 2.37. The Labute approximate surface area is 128 Å². The summed E-state index contributed by atoms with van der Waals surface area (Å²) >= 11 is 4.92. The zero-order valence-electron chi connectivity index (χ0n) is 13.1. The zero-order valence-corrected chi connectivity index (χ0v) is 14.0. The Kier molecular flexibility index (Phi) is 5.96. The molecular formula is C16H26N2OS. The van der Waals surface area contributed by atoms with Gasteiger partial charge in [-0.05, 0) is 43.7 Å². The van der Waals surface area contributed by atoms with Gasteiger partial charge >= 0.3 is 0 Å². The van der Waals surface area contributed by atoms with Gasteiger partial charge in [-0.2, -0.15) is 0 Å². The minimum atomic E-state index is 0.271. The van der Waals surface area contributed by atoms with Crippen molar-refractivity contribution in [3.05, 3.63) is 29.8 Å². The fourth-order valence-electron chi connectivity index (χ4n) is 1.88. The Morgan fingerprint density at radius 2 is 1.85 bits per heavy atom. The summed E-state index contributed by atoms with van der Waals surface area (Å²) in [5.74, 6) is 0.849. The highest BCUT2D eigenvalue weighted by Gasteiger charge is 2.23. The number of rotatable bonds is 6. The fourth-order valence-corrected chi connectivity index (χ4v) is 2.01. The van der Waals surface area contributed by atoms with Crippen molar-refractivity contribution < 1.29 is 4.74 Å². The van der Waals surface area contributed by atoms with Gasteiger partial charge in [0.25, 0.3) is 0 Å². The second-order valence-corrected chi connectivity index (χ2v) is 6.70. The van der Waals surface area contributed by atoms with Gasteiger partial charge in [0.1, 0.15) is 17.3 Å². The molecule has 0 bridgehead atoms. The lowest BCUT2D eigenvalue weighted by atomic mass is 9.87. The molecule has 1 unspecified atom stereocenters. The van der Waals surface area contributed by atoms with Crippen LogP contribution >= 0.6 is 12.2 Å². The van der Waals surface area contributed by atoms with E-state index in [1.165, 1.54) is 0 Å². The van der Waals surface area contributed by atoms with Crippen LogP contribution in [0.15, 0.2) is 24.3 Å². The Hall–Kier alpha value is -1.13. The van der Waals surface area contributed by atoms with Crippen molar-refractivity contribution in [2.45, 2.75) is 33.7 Å². The highest BCUT2D eigenvalue weighted by atomic mass is 32.1. The summed E-state index contributed by atoms with van der Waals surface area (Å²) in [4.78, 5) is 2.74. The van der Waals surface area contributed by atoms with Crippen LogP contribution in [-0.4, -0.2) is 36.1 Å². The summed E-state index contributed by atoms with van der Waals surface area (Å²) in [6, 6.07) is 8.09. The zero-order chi connectivity index (χ0) is 15.3. The molecule has 0 radical (unpaired) electrons. The minimum Gasteiger partial charge on any atom is -0.492 e. The van der Waals surface area contributed by atoms with Gasteiger partial charge in [0, 0.05) is 18.2 Å². The minimum absolute atomic E-state index is 0.271. The molecule has 4 heteroatoms. The molecular weight excluding hydrogens is 268 g/mol. The first-order valence-corrected chi connectivity index (χ1v) is 7.35. The third-order valence-electron chi connectivity index (χ3n) is 3.77. The third kappa shape index (κ3) is 5.10. The lowest BCUT2D eigenvalue weighted by Gasteiger charge is -2.35. The van der Waals surface area contributed by atoms with E-state index in [1.54, 1.807) is 0 Å². The summed E-state index contributed by atoms with van der Waals surface area (Å²) in [7, 11) is 2.13. The van der Waals surface area contributed by atoms with Crippen LogP contribution in [0.1, 0.15) is 33.3 Å². The first kappa shape index (κ1) is 16.9. The molecule has 0 aliphatic heterocycles. The maximum Gasteiger partial charge on any atom is 0.119 e. The van der Waals surface area contributed by atoms with Gasteiger partial charge in [0.05, 0.1) is 0 Å². The van der Waals surface area contributed by atoms with Crippen molar-refractivity contribution in [3.8, 4) is 5.75 Å². The molecule has 3 nitrogen and oxygen atoms in total. The summed E-state index contributed by atoms with van der Waals surface area (Å²) in [5, 5.41) is 0. The van der Waals surface area contributed by atoms with Gasteiger partial charge in [0.15, 0.2) is 0 Å². The second-order valence-electron chi connectivity index (χ2n) is 6.26. The van der Waals surface area contributed by atoms with Crippen LogP contribution in [0.5, 0.6) is 5.75 Å². The van der Waals surface area contributed by atoms with Gasteiger partial charge in [-0.25, -0.2) is 0 Å². The Morgan fingerprint density at radius 1 is 1.30 bits per heavy atom. The van der Waals surface area contributed by atoms with Crippen LogP contribution in [0.2, 0.25) is 0 Å². The largest absolute Gasteiger partial charge is 0.492 e. The number of hydrogen-bond acceptors (Lipinski definition) is 3. The van der Waals surface area contributed by atoms with E-state index in [1.807, 2.05) is 24.3 Å². The monoisotopic (exact) mass is 294 g/mol. The number of nitrogens with zero attached hydrogens (tertiary/aromatic N) is 1. The van der Waals surface area contributed by atoms with Gasteiger partial charge in [0.2, 0.25) is 0 Å². The summed E-state index contributed by atoms with van der Waals surface area (Å²) < 4.78 is 5.75. The maximum atomic E-state index is 5.75. The molecule has 0 saturated heterocycles. The molecule has 1 aromatic carbocycles. The number of nitrogens with two attached hydrogens (primary N) is 1. The molecule has 112 valence electrons. The molecule has 0 amide bonds. The molecule has 0 aliphatic carbocycles. The van der Waals surface area contributed by atoms with E-state index in [-0.39, 0.29) is 5.41 Å². The highest BCUT2D eigenvalue weighted by molar-refractivity contribution is 7.80. The first-order chi connectivity index (χ1) is 9.21. The van der Waals surface area contributed by atoms with Crippen LogP contribution in [0.25, 0.3) is 0 Å². The topological polar surface area (TPSA) is 38.5 Å². The first-order valence-electron chi connectivity index (χ1n) is 6.94. The molecule has 1 atom stereocenters. The SMILES string of the molecule is CC(N(C)CCOc1ccc(C(N)=S)cc1)C(C)(C)C. The van der Waals surface area contributed by atoms with Gasteiger partial charge in [-0.15, -0.1) is 0 Å². The van der Waals surface area contributed by atoms with E-state index in [9.17, 15) is 0 Å². The Balaban J connectivity index is 2.42. The molecule has 1 rings (SSSR count). The molecule has 1 aromatic rings. The lowest BCUT2D eigenvalue weighted by Crippen LogP contribution is -2.41. The normalized spacial score (nSPS) is 13.3. The van der Waals surface area contributed by atoms with Crippen molar-refractivity contribution in [1.29, 1.82) is 0 Å². The molecule has 2 N–H and O–H groups in total. The van der Waals surface area contributed by atoms with E-state index < -0.39 is 0 Å². The van der Waals surface area contributed by atoms with Crippen LogP contribution in [0.4, 0.5) is 0 Å². The number of thiocarbonyl (C=S) groups is 1. The molecule has 0 aliphatic rings. The van der Waals surface area contributed by atoms with E-state index in [0.29, 0.717) is 17.6 Å². The van der Waals surface area contributed by atoms with Crippen molar-refractivity contribution in [3.63, 3.8) is 0 Å². The molecule has 0 fully saturated rings. The summed E-state index contributed by atoms with van der Waals surface area (Å²) in [5.41, 5.74) is 6.70. The van der Waals surface area contributed by atoms with Crippen molar-refractivity contribution >= 4 is 17.2 Å². The second kappa shape index (κ2) is 7.04. The smallest absolute Gasteiger partial charge is 0.119 e. The lowest BCUT2D eigenvalue weighted by molar-refractivity contribution is 0.121. The number of hydrogen-bond donors (Lipinski definition) is 1. The summed E-state index contributed by atoms with van der Waals surface area (Å²) in [6.07, 6.45) is 0. The standard InChI is InChI=1S/C16H26N2OS/c1-12(16(2,3)4)18(5)10-11-19-14-8-6-13(7-9-14)15(17)20/h6-9,12H,10-11H2,1-5H3,(H2,17,20). The number of benzene rings is 1. The van der Waals surface area contributed by atoms with Crippen LogP contribution in [0, 0.1) is 5.41 Å². The molecule has 0 heterocycles. The van der Waals surface area contributed by atoms with Crippen molar-refractivity contribution in [1.82, 2.24) is 4.90 Å². The van der Waals surface area contributed by atoms with Crippen LogP contribution in [-0.2, 0) is 0 Å². The van der Waals surface area contributed by atoms with Crippen molar-refractivity contribution in [2.75, 3.05) is 20.2 Å². The quantitative estimate of drug-likeness (QED) is 0.818. The predicted molar refractivity (Wildman–Crippen MR) is 89.4 cm³/mol. The molecule has 0 aromatic heterocycles. The molecule has 0 saturated carbocycles. The Morgan fingerprint density at radius 3 is 2.30 bits per heavy atom. The van der Waals surface area contributed by atoms with Gasteiger partial charge in [-0.1, -0.05) is 33.0 Å². The molecule has 0 spiro atoms. The van der Waals surface area contributed by atoms with Gasteiger partial charge in [-0.3, -0.25) is 4.90 Å². The van der Waals surface area contributed by atoms with E-state index in [2.05, 4.69) is 39.6 Å². The van der Waals surface area contributed by atoms with Crippen molar-refractivity contribution in [2.24, 2.45) is 11.1 Å². The van der Waals surface area contributed by atoms with Crippen LogP contribution < -0.4 is 10.5 Å². The van der Waals surface area contributed by atoms with Crippen LogP contribution in [0.3, 0.4) is 0 Å². The van der Waals surface area contributed by atoms with E-state index in [4.69, 9.17) is 22.7 Å². The Bertz CT molecular complexity index is 437.